The molecule has 1 N–H and O–H groups in total. The van der Waals surface area contributed by atoms with E-state index in [1.165, 1.54) is 0 Å². The van der Waals surface area contributed by atoms with Gasteiger partial charge in [-0.05, 0) is 24.9 Å². The van der Waals surface area contributed by atoms with Gasteiger partial charge in [0.1, 0.15) is 0 Å². The predicted molar refractivity (Wildman–Crippen MR) is 65.6 cm³/mol. The van der Waals surface area contributed by atoms with Crippen LogP contribution in [0.25, 0.3) is 0 Å². The van der Waals surface area contributed by atoms with E-state index in [4.69, 9.17) is 0 Å². The molecule has 0 bridgehead atoms. The number of nitrogens with one attached hydrogen (secondary N) is 1. The van der Waals surface area contributed by atoms with E-state index in [1.807, 2.05) is 6.92 Å². The Morgan fingerprint density at radius 2 is 2.12 bits per heavy atom. The molecule has 1 heterocycles. The zero-order valence-corrected chi connectivity index (χ0v) is 11.2. The maximum Gasteiger partial charge on any atom is 0.445 e. The second-order valence-electron chi connectivity index (χ2n) is 3.44. The summed E-state index contributed by atoms with van der Waals surface area (Å²) in [6.07, 6.45) is -3.52. The Morgan fingerprint density at radius 1 is 1.41 bits per heavy atom. The maximum atomic E-state index is 12.3. The van der Waals surface area contributed by atoms with Crippen molar-refractivity contribution < 1.29 is 13.2 Å². The lowest BCUT2D eigenvalue weighted by atomic mass is 10.3. The molecular formula is C9H14F3N3S2. The van der Waals surface area contributed by atoms with Crippen LogP contribution in [-0.4, -0.2) is 27.7 Å². The monoisotopic (exact) mass is 285 g/mol. The number of hydrogen-bond acceptors (Lipinski definition) is 5. The summed E-state index contributed by atoms with van der Waals surface area (Å²) in [4.78, 5) is 0. The lowest BCUT2D eigenvalue weighted by Crippen LogP contribution is -2.15. The van der Waals surface area contributed by atoms with Crippen LogP contribution in [0.1, 0.15) is 25.3 Å². The Kier molecular flexibility index (Phi) is 5.51. The fraction of sp³-hybridized carbons (Fsp3) is 0.778. The van der Waals surface area contributed by atoms with Crippen LogP contribution in [0.15, 0.2) is 0 Å². The van der Waals surface area contributed by atoms with Crippen LogP contribution in [0.5, 0.6) is 0 Å². The molecule has 1 atom stereocenters. The molecule has 1 unspecified atom stereocenters. The topological polar surface area (TPSA) is 37.8 Å². The van der Waals surface area contributed by atoms with Crippen molar-refractivity contribution in [2.75, 3.05) is 16.8 Å². The molecule has 0 aliphatic carbocycles. The fourth-order valence-corrected chi connectivity index (χ4v) is 2.61. The third-order valence-electron chi connectivity index (χ3n) is 1.94. The summed E-state index contributed by atoms with van der Waals surface area (Å²) in [7, 11) is 0. The molecule has 0 aliphatic heterocycles. The van der Waals surface area contributed by atoms with Crippen LogP contribution in [0, 0.1) is 0 Å². The van der Waals surface area contributed by atoms with E-state index in [0.29, 0.717) is 11.3 Å². The molecule has 0 aromatic carbocycles. The van der Waals surface area contributed by atoms with E-state index in [1.54, 1.807) is 11.8 Å². The van der Waals surface area contributed by atoms with Gasteiger partial charge in [-0.15, -0.1) is 10.2 Å². The van der Waals surface area contributed by atoms with Gasteiger partial charge in [0.05, 0.1) is 0 Å². The minimum absolute atomic E-state index is 0.100. The molecule has 17 heavy (non-hydrogen) atoms. The van der Waals surface area contributed by atoms with E-state index in [-0.39, 0.29) is 11.2 Å². The van der Waals surface area contributed by atoms with Crippen molar-refractivity contribution in [3.63, 3.8) is 0 Å². The van der Waals surface area contributed by atoms with E-state index < -0.39 is 11.2 Å². The van der Waals surface area contributed by atoms with E-state index in [2.05, 4.69) is 22.4 Å². The van der Waals surface area contributed by atoms with Crippen molar-refractivity contribution in [1.29, 1.82) is 0 Å². The quantitative estimate of drug-likeness (QED) is 0.812. The minimum atomic E-state index is -4.40. The Balaban J connectivity index is 2.43. The van der Waals surface area contributed by atoms with Gasteiger partial charge in [-0.25, -0.2) is 0 Å². The average molecular weight is 285 g/mol. The van der Waals surface area contributed by atoms with Crippen molar-refractivity contribution in [1.82, 2.24) is 10.2 Å². The standard InChI is InChI=1S/C9H14F3N3S2/c1-3-16-5-4-6(2)13-8-15-14-7(17-8)9(10,11)12/h6H,3-5H2,1-2H3,(H,13,15). The molecule has 0 spiro atoms. The summed E-state index contributed by atoms with van der Waals surface area (Å²) >= 11 is 2.35. The van der Waals surface area contributed by atoms with Gasteiger partial charge in [-0.1, -0.05) is 18.3 Å². The number of alkyl halides is 3. The summed E-state index contributed by atoms with van der Waals surface area (Å²) < 4.78 is 36.8. The molecule has 0 saturated heterocycles. The van der Waals surface area contributed by atoms with Crippen LogP contribution in [-0.2, 0) is 6.18 Å². The van der Waals surface area contributed by atoms with Gasteiger partial charge in [0.25, 0.3) is 0 Å². The molecule has 3 nitrogen and oxygen atoms in total. The Bertz CT molecular complexity index is 340. The van der Waals surface area contributed by atoms with Gasteiger partial charge in [0, 0.05) is 6.04 Å². The fourth-order valence-electron chi connectivity index (χ4n) is 1.08. The highest BCUT2D eigenvalue weighted by Gasteiger charge is 2.35. The Hall–Kier alpha value is -0.500. The van der Waals surface area contributed by atoms with Crippen LogP contribution >= 0.6 is 23.1 Å². The smallest absolute Gasteiger partial charge is 0.358 e. The number of rotatable bonds is 6. The first-order chi connectivity index (χ1) is 7.93. The van der Waals surface area contributed by atoms with Gasteiger partial charge in [-0.3, -0.25) is 0 Å². The summed E-state index contributed by atoms with van der Waals surface area (Å²) in [5, 5.41) is 8.84. The Labute approximate surface area is 106 Å². The van der Waals surface area contributed by atoms with E-state index in [9.17, 15) is 13.2 Å². The molecule has 0 radical (unpaired) electrons. The van der Waals surface area contributed by atoms with Crippen LogP contribution in [0.2, 0.25) is 0 Å². The zero-order valence-electron chi connectivity index (χ0n) is 9.54. The lowest BCUT2D eigenvalue weighted by molar-refractivity contribution is -0.138. The molecule has 1 rings (SSSR count). The molecule has 1 aromatic heterocycles. The highest BCUT2D eigenvalue weighted by atomic mass is 32.2. The predicted octanol–water partition coefficient (Wildman–Crippen LogP) is 3.50. The molecule has 8 heteroatoms. The first-order valence-electron chi connectivity index (χ1n) is 5.18. The van der Waals surface area contributed by atoms with Gasteiger partial charge >= 0.3 is 6.18 Å². The molecule has 0 aliphatic rings. The number of anilines is 1. The largest absolute Gasteiger partial charge is 0.445 e. The molecule has 0 fully saturated rings. The normalized spacial score (nSPS) is 13.7. The maximum absolute atomic E-state index is 12.3. The van der Waals surface area contributed by atoms with E-state index in [0.717, 1.165) is 17.9 Å². The summed E-state index contributed by atoms with van der Waals surface area (Å²) in [6.45, 7) is 3.99. The second kappa shape index (κ2) is 6.44. The number of hydrogen-bond donors (Lipinski definition) is 1. The first kappa shape index (κ1) is 14.6. The van der Waals surface area contributed by atoms with Gasteiger partial charge in [0.15, 0.2) is 0 Å². The van der Waals surface area contributed by atoms with Gasteiger partial charge < -0.3 is 5.32 Å². The Morgan fingerprint density at radius 3 is 2.65 bits per heavy atom. The van der Waals surface area contributed by atoms with E-state index >= 15 is 0 Å². The summed E-state index contributed by atoms with van der Waals surface area (Å²) in [5.41, 5.74) is 0. The van der Waals surface area contributed by atoms with Crippen molar-refractivity contribution in [2.45, 2.75) is 32.5 Å². The SMILES string of the molecule is CCSCCC(C)Nc1nnc(C(F)(F)F)s1. The highest BCUT2D eigenvalue weighted by molar-refractivity contribution is 7.99. The molecule has 98 valence electrons. The zero-order chi connectivity index (χ0) is 12.9. The number of nitrogens with zero attached hydrogens (tertiary/aromatic N) is 2. The van der Waals surface area contributed by atoms with Gasteiger partial charge in [-0.2, -0.15) is 24.9 Å². The van der Waals surface area contributed by atoms with Crippen LogP contribution in [0.3, 0.4) is 0 Å². The van der Waals surface area contributed by atoms with Crippen LogP contribution in [0.4, 0.5) is 18.3 Å². The first-order valence-corrected chi connectivity index (χ1v) is 7.15. The summed E-state index contributed by atoms with van der Waals surface area (Å²) in [5.74, 6) is 2.03. The number of halogens is 3. The molecule has 0 saturated carbocycles. The lowest BCUT2D eigenvalue weighted by Gasteiger charge is -2.11. The molecular weight excluding hydrogens is 271 g/mol. The highest BCUT2D eigenvalue weighted by Crippen LogP contribution is 2.33. The third-order valence-corrected chi connectivity index (χ3v) is 3.77. The second-order valence-corrected chi connectivity index (χ2v) is 5.81. The number of thioether (sulfide) groups is 1. The van der Waals surface area contributed by atoms with Crippen molar-refractivity contribution in [3.05, 3.63) is 5.01 Å². The molecule has 0 amide bonds. The third kappa shape index (κ3) is 5.12. The van der Waals surface area contributed by atoms with Crippen molar-refractivity contribution in [2.24, 2.45) is 0 Å². The van der Waals surface area contributed by atoms with Crippen molar-refractivity contribution >= 4 is 28.2 Å². The minimum Gasteiger partial charge on any atom is -0.358 e. The molecule has 1 aromatic rings. The van der Waals surface area contributed by atoms with Crippen molar-refractivity contribution in [3.8, 4) is 0 Å². The number of aromatic nitrogens is 2. The van der Waals surface area contributed by atoms with Crippen LogP contribution < -0.4 is 5.32 Å². The van der Waals surface area contributed by atoms with Gasteiger partial charge in [0.2, 0.25) is 10.1 Å². The average Bonchev–Trinajstić information content (AvgIpc) is 2.66. The summed E-state index contributed by atoms with van der Waals surface area (Å²) in [6, 6.07) is 0.100.